The second-order valence-electron chi connectivity index (χ2n) is 5.22. The van der Waals surface area contributed by atoms with Gasteiger partial charge in [-0.15, -0.1) is 0 Å². The monoisotopic (exact) mass is 323 g/mol. The fourth-order valence-corrected chi connectivity index (χ4v) is 5.53. The van der Waals surface area contributed by atoms with Gasteiger partial charge in [-0.25, -0.2) is 4.57 Å². The second kappa shape index (κ2) is 8.42. The maximum atomic E-state index is 12.4. The summed E-state index contributed by atoms with van der Waals surface area (Å²) < 4.78 is 23.2. The number of carbonyl (C=O) groups is 1. The average Bonchev–Trinajstić information content (AvgIpc) is 2.36. The van der Waals surface area contributed by atoms with Crippen molar-refractivity contribution in [3.8, 4) is 0 Å². The quantitative estimate of drug-likeness (QED) is 0.669. The van der Waals surface area contributed by atoms with Crippen LogP contribution in [-0.2, 0) is 18.4 Å². The average molecular weight is 323 g/mol. The summed E-state index contributed by atoms with van der Waals surface area (Å²) in [6.07, 6.45) is 3.02. The topological polar surface area (TPSA) is 55.8 Å². The van der Waals surface area contributed by atoms with Gasteiger partial charge in [-0.2, -0.15) is 0 Å². The third kappa shape index (κ3) is 5.76. The molecule has 1 aliphatic rings. The molecule has 1 rings (SSSR count). The van der Waals surface area contributed by atoms with Crippen molar-refractivity contribution in [3.05, 3.63) is 0 Å². The van der Waals surface area contributed by atoms with Crippen molar-refractivity contribution in [1.29, 1.82) is 0 Å². The molecule has 1 amide bonds. The van der Waals surface area contributed by atoms with E-state index in [2.05, 4.69) is 0 Å². The lowest BCUT2D eigenvalue weighted by atomic mass is 10.0. The molecule has 0 spiro atoms. The van der Waals surface area contributed by atoms with Crippen molar-refractivity contribution in [2.45, 2.75) is 59.1 Å². The Morgan fingerprint density at radius 2 is 2.15 bits per heavy atom. The molecule has 7 heteroatoms. The van der Waals surface area contributed by atoms with Gasteiger partial charge in [0.15, 0.2) is 0 Å². The molecule has 1 saturated heterocycles. The van der Waals surface area contributed by atoms with E-state index in [-0.39, 0.29) is 24.7 Å². The molecule has 1 aliphatic heterocycles. The van der Waals surface area contributed by atoms with Gasteiger partial charge < -0.3 is 4.90 Å². The van der Waals surface area contributed by atoms with Crippen LogP contribution in [0.15, 0.2) is 0 Å². The molecule has 0 aromatic heterocycles. The van der Waals surface area contributed by atoms with Crippen LogP contribution in [0.3, 0.4) is 0 Å². The van der Waals surface area contributed by atoms with E-state index in [9.17, 15) is 9.36 Å². The van der Waals surface area contributed by atoms with Gasteiger partial charge in [-0.3, -0.25) is 13.8 Å². The lowest BCUT2D eigenvalue weighted by Gasteiger charge is -2.33. The Labute approximate surface area is 126 Å². The number of carbonyl (C=O) groups excluding carboxylic acids is 1. The van der Waals surface area contributed by atoms with Gasteiger partial charge in [0.05, 0.1) is 6.10 Å². The minimum Gasteiger partial charge on any atom is -0.338 e. The lowest BCUT2D eigenvalue weighted by molar-refractivity contribution is -0.136. The predicted octanol–water partition coefficient (Wildman–Crippen LogP) is 3.69. The van der Waals surface area contributed by atoms with Crippen molar-refractivity contribution in [2.24, 2.45) is 0 Å². The Bertz CT molecular complexity index is 364. The first-order valence-electron chi connectivity index (χ1n) is 7.25. The van der Waals surface area contributed by atoms with Crippen LogP contribution in [-0.4, -0.2) is 41.9 Å². The molecule has 2 unspecified atom stereocenters. The summed E-state index contributed by atoms with van der Waals surface area (Å²) in [7, 11) is 0. The van der Waals surface area contributed by atoms with E-state index in [0.29, 0.717) is 5.75 Å². The van der Waals surface area contributed by atoms with Crippen LogP contribution in [0.5, 0.6) is 0 Å². The van der Waals surface area contributed by atoms with E-state index in [0.717, 1.165) is 37.2 Å². The van der Waals surface area contributed by atoms with Crippen LogP contribution in [0.2, 0.25) is 0 Å². The number of hydrogen-bond acceptors (Lipinski definition) is 5. The van der Waals surface area contributed by atoms with E-state index in [1.165, 1.54) is 0 Å². The Hall–Kier alpha value is -0.0300. The van der Waals surface area contributed by atoms with Crippen molar-refractivity contribution in [2.75, 3.05) is 18.9 Å². The highest BCUT2D eigenvalue weighted by Crippen LogP contribution is 2.61. The number of hydrogen-bond donors (Lipinski definition) is 0. The molecule has 0 N–H and O–H groups in total. The van der Waals surface area contributed by atoms with E-state index >= 15 is 0 Å². The first-order chi connectivity index (χ1) is 9.38. The highest BCUT2D eigenvalue weighted by atomic mass is 32.7. The lowest BCUT2D eigenvalue weighted by Crippen LogP contribution is -2.43. The first kappa shape index (κ1) is 18.0. The predicted molar refractivity (Wildman–Crippen MR) is 82.9 cm³/mol. The van der Waals surface area contributed by atoms with Gasteiger partial charge in [0, 0.05) is 18.3 Å². The standard InChI is InChI=1S/C13H26NO4PS/c1-5-20-19(16,18-11(2)3)17-10-13(15)14-9-7-6-8-12(14)4/h11-12H,5-10H2,1-4H3. The van der Waals surface area contributed by atoms with Gasteiger partial charge in [-0.1, -0.05) is 6.92 Å². The van der Waals surface area contributed by atoms with Crippen LogP contribution in [0.1, 0.15) is 47.0 Å². The third-order valence-electron chi connectivity index (χ3n) is 3.10. The number of amides is 1. The zero-order valence-electron chi connectivity index (χ0n) is 12.8. The zero-order chi connectivity index (χ0) is 15.2. The molecule has 0 aromatic rings. The van der Waals surface area contributed by atoms with E-state index in [4.69, 9.17) is 9.05 Å². The molecular weight excluding hydrogens is 297 g/mol. The Kier molecular flexibility index (Phi) is 7.59. The van der Waals surface area contributed by atoms with Crippen molar-refractivity contribution < 1.29 is 18.4 Å². The number of nitrogens with zero attached hydrogens (tertiary/aromatic N) is 1. The number of piperidine rings is 1. The molecule has 20 heavy (non-hydrogen) atoms. The van der Waals surface area contributed by atoms with Gasteiger partial charge in [0.1, 0.15) is 6.61 Å². The zero-order valence-corrected chi connectivity index (χ0v) is 14.5. The molecule has 2 atom stereocenters. The fourth-order valence-electron chi connectivity index (χ4n) is 2.20. The Morgan fingerprint density at radius 1 is 1.45 bits per heavy atom. The summed E-state index contributed by atoms with van der Waals surface area (Å²) >= 11 is 1.14. The van der Waals surface area contributed by atoms with E-state index in [1.54, 1.807) is 13.8 Å². The van der Waals surface area contributed by atoms with Crippen molar-refractivity contribution >= 4 is 24.1 Å². The third-order valence-corrected chi connectivity index (χ3v) is 7.09. The summed E-state index contributed by atoms with van der Waals surface area (Å²) in [5, 5.41) is 0. The minimum absolute atomic E-state index is 0.0958. The summed E-state index contributed by atoms with van der Waals surface area (Å²) in [5.41, 5.74) is 0. The SMILES string of the molecule is CCSP(=O)(OCC(=O)N1CCCCC1C)OC(C)C. The molecule has 1 fully saturated rings. The molecular formula is C13H26NO4PS. The van der Waals surface area contributed by atoms with Crippen molar-refractivity contribution in [3.63, 3.8) is 0 Å². The maximum absolute atomic E-state index is 12.4. The fraction of sp³-hybridized carbons (Fsp3) is 0.923. The Morgan fingerprint density at radius 3 is 2.70 bits per heavy atom. The molecule has 0 radical (unpaired) electrons. The summed E-state index contributed by atoms with van der Waals surface area (Å²) in [6, 6.07) is 0.240. The van der Waals surface area contributed by atoms with Gasteiger partial charge >= 0.3 is 6.80 Å². The summed E-state index contributed by atoms with van der Waals surface area (Å²) in [4.78, 5) is 14.0. The van der Waals surface area contributed by atoms with Crippen LogP contribution in [0.25, 0.3) is 0 Å². The molecule has 0 saturated carbocycles. The summed E-state index contributed by atoms with van der Waals surface area (Å²) in [5.74, 6) is 0.527. The molecule has 118 valence electrons. The minimum atomic E-state index is -3.23. The van der Waals surface area contributed by atoms with E-state index in [1.807, 2.05) is 18.7 Å². The Balaban J connectivity index is 2.53. The summed E-state index contributed by atoms with van der Waals surface area (Å²) in [6.45, 7) is 4.91. The van der Waals surface area contributed by atoms with Crippen LogP contribution < -0.4 is 0 Å². The van der Waals surface area contributed by atoms with Crippen LogP contribution >= 0.6 is 18.2 Å². The van der Waals surface area contributed by atoms with Crippen molar-refractivity contribution in [1.82, 2.24) is 4.90 Å². The molecule has 1 heterocycles. The maximum Gasteiger partial charge on any atom is 0.389 e. The first-order valence-corrected chi connectivity index (χ1v) is 10.4. The molecule has 0 aromatic carbocycles. The second-order valence-corrected chi connectivity index (χ2v) is 9.54. The van der Waals surface area contributed by atoms with Gasteiger partial charge in [0.25, 0.3) is 0 Å². The van der Waals surface area contributed by atoms with Gasteiger partial charge in [0.2, 0.25) is 5.91 Å². The van der Waals surface area contributed by atoms with Crippen LogP contribution in [0.4, 0.5) is 0 Å². The number of likely N-dealkylation sites (tertiary alicyclic amines) is 1. The highest BCUT2D eigenvalue weighted by molar-refractivity contribution is 8.55. The smallest absolute Gasteiger partial charge is 0.338 e. The largest absolute Gasteiger partial charge is 0.389 e. The highest BCUT2D eigenvalue weighted by Gasteiger charge is 2.30. The molecule has 0 bridgehead atoms. The van der Waals surface area contributed by atoms with Gasteiger partial charge in [-0.05, 0) is 51.4 Å². The molecule has 5 nitrogen and oxygen atoms in total. The molecule has 0 aliphatic carbocycles. The normalized spacial score (nSPS) is 22.9. The van der Waals surface area contributed by atoms with E-state index < -0.39 is 6.80 Å². The number of rotatable bonds is 7. The van der Waals surface area contributed by atoms with Crippen LogP contribution in [0, 0.1) is 0 Å².